The lowest BCUT2D eigenvalue weighted by molar-refractivity contribution is -0.116. The molecule has 0 saturated heterocycles. The van der Waals surface area contributed by atoms with E-state index in [4.69, 9.17) is 11.6 Å². The van der Waals surface area contributed by atoms with Gasteiger partial charge in [0.15, 0.2) is 5.78 Å². The Morgan fingerprint density at radius 2 is 1.70 bits per heavy atom. The largest absolute Gasteiger partial charge is 0.311 e. The number of amides is 1. The average Bonchev–Trinajstić information content (AvgIpc) is 3.09. The van der Waals surface area contributed by atoms with Gasteiger partial charge in [0.05, 0.1) is 12.7 Å². The van der Waals surface area contributed by atoms with E-state index in [1.807, 2.05) is 24.3 Å². The maximum Gasteiger partial charge on any atom is 0.225 e. The maximum absolute atomic E-state index is 12.2. The van der Waals surface area contributed by atoms with E-state index in [0.29, 0.717) is 22.9 Å². The van der Waals surface area contributed by atoms with E-state index in [1.165, 1.54) is 0 Å². The molecule has 27 heavy (non-hydrogen) atoms. The Morgan fingerprint density at radius 3 is 2.41 bits per heavy atom. The van der Waals surface area contributed by atoms with Crippen LogP contribution in [0.3, 0.4) is 0 Å². The van der Waals surface area contributed by atoms with Crippen molar-refractivity contribution >= 4 is 45.0 Å². The van der Waals surface area contributed by atoms with Crippen molar-refractivity contribution in [1.29, 1.82) is 0 Å². The molecular weight excluding hydrogens is 430 g/mol. The molecule has 0 atom stereocenters. The van der Waals surface area contributed by atoms with E-state index in [0.717, 1.165) is 10.0 Å². The summed E-state index contributed by atoms with van der Waals surface area (Å²) in [6.07, 6.45) is 1.87. The fourth-order valence-electron chi connectivity index (χ4n) is 2.54. The van der Waals surface area contributed by atoms with Gasteiger partial charge in [-0.1, -0.05) is 39.7 Å². The van der Waals surface area contributed by atoms with Crippen LogP contribution in [0.1, 0.15) is 28.8 Å². The summed E-state index contributed by atoms with van der Waals surface area (Å²) < 4.78 is 2.72. The molecule has 3 rings (SSSR count). The number of benzene rings is 2. The van der Waals surface area contributed by atoms with Crippen LogP contribution in [0.5, 0.6) is 0 Å². The molecule has 2 aromatic carbocycles. The predicted molar refractivity (Wildman–Crippen MR) is 109 cm³/mol. The average molecular weight is 447 g/mol. The van der Waals surface area contributed by atoms with E-state index in [2.05, 4.69) is 26.3 Å². The molecule has 1 aromatic heterocycles. The van der Waals surface area contributed by atoms with Crippen molar-refractivity contribution < 1.29 is 9.59 Å². The Hall–Kier alpha value is -2.44. The van der Waals surface area contributed by atoms with Crippen molar-refractivity contribution in [2.75, 3.05) is 5.32 Å². The lowest BCUT2D eigenvalue weighted by Gasteiger charge is -2.09. The third kappa shape index (κ3) is 5.52. The number of halogens is 2. The number of hydrogen-bond acceptors (Lipinski definition) is 3. The topological polar surface area (TPSA) is 64.0 Å². The summed E-state index contributed by atoms with van der Waals surface area (Å²) in [5.74, 6) is 0.280. The van der Waals surface area contributed by atoms with Gasteiger partial charge in [-0.15, -0.1) is 0 Å². The van der Waals surface area contributed by atoms with Crippen molar-refractivity contribution in [3.05, 3.63) is 81.4 Å². The summed E-state index contributed by atoms with van der Waals surface area (Å²) in [4.78, 5) is 24.4. The first-order chi connectivity index (χ1) is 13.0. The number of aromatic nitrogens is 2. The van der Waals surface area contributed by atoms with Crippen molar-refractivity contribution in [2.45, 2.75) is 19.4 Å². The van der Waals surface area contributed by atoms with Gasteiger partial charge in [0.25, 0.3) is 0 Å². The molecule has 5 nitrogen and oxygen atoms in total. The molecule has 0 fully saturated rings. The summed E-state index contributed by atoms with van der Waals surface area (Å²) in [5.41, 5.74) is 1.61. The third-order valence-corrected chi connectivity index (χ3v) is 4.76. The SMILES string of the molecule is O=C(CCC(=O)c1ccc(Cl)cc1)Nc1ccnn1Cc1ccc(Br)cc1. The van der Waals surface area contributed by atoms with Crippen LogP contribution in [0.15, 0.2) is 65.3 Å². The van der Waals surface area contributed by atoms with E-state index < -0.39 is 0 Å². The van der Waals surface area contributed by atoms with Crippen LogP contribution in [0.25, 0.3) is 0 Å². The summed E-state index contributed by atoms with van der Waals surface area (Å²) in [6.45, 7) is 0.541. The van der Waals surface area contributed by atoms with Crippen LogP contribution in [-0.2, 0) is 11.3 Å². The van der Waals surface area contributed by atoms with Gasteiger partial charge >= 0.3 is 0 Å². The van der Waals surface area contributed by atoms with Crippen molar-refractivity contribution in [3.8, 4) is 0 Å². The van der Waals surface area contributed by atoms with Gasteiger partial charge in [-0.3, -0.25) is 9.59 Å². The molecule has 138 valence electrons. The number of rotatable bonds is 7. The highest BCUT2D eigenvalue weighted by Crippen LogP contribution is 2.15. The van der Waals surface area contributed by atoms with Crippen molar-refractivity contribution in [2.24, 2.45) is 0 Å². The predicted octanol–water partition coefficient (Wildman–Crippen LogP) is 4.95. The standard InChI is InChI=1S/C20H17BrClN3O2/c21-16-5-1-14(2-6-16)13-25-19(11-12-23-25)24-20(27)10-9-18(26)15-3-7-17(22)8-4-15/h1-8,11-12H,9-10,13H2,(H,24,27). The number of carbonyl (C=O) groups excluding carboxylic acids is 2. The van der Waals surface area contributed by atoms with Crippen LogP contribution in [0.4, 0.5) is 5.82 Å². The first kappa shape index (κ1) is 19.3. The summed E-state index contributed by atoms with van der Waals surface area (Å²) in [5, 5.41) is 7.64. The molecule has 0 spiro atoms. The number of nitrogens with zero attached hydrogens (tertiary/aromatic N) is 2. The Bertz CT molecular complexity index is 937. The number of ketones is 1. The molecule has 7 heteroatoms. The van der Waals surface area contributed by atoms with Gasteiger partial charge in [0.1, 0.15) is 5.82 Å². The molecule has 0 aliphatic heterocycles. The van der Waals surface area contributed by atoms with Gasteiger partial charge in [-0.25, -0.2) is 4.68 Å². The first-order valence-corrected chi connectivity index (χ1v) is 9.53. The van der Waals surface area contributed by atoms with Gasteiger partial charge in [-0.2, -0.15) is 5.10 Å². The van der Waals surface area contributed by atoms with Crippen LogP contribution >= 0.6 is 27.5 Å². The van der Waals surface area contributed by atoms with Gasteiger partial charge in [0.2, 0.25) is 5.91 Å². The first-order valence-electron chi connectivity index (χ1n) is 8.36. The quantitative estimate of drug-likeness (QED) is 0.522. The lowest BCUT2D eigenvalue weighted by Crippen LogP contribution is -2.17. The minimum atomic E-state index is -0.227. The highest BCUT2D eigenvalue weighted by Gasteiger charge is 2.12. The lowest BCUT2D eigenvalue weighted by atomic mass is 10.1. The van der Waals surface area contributed by atoms with Crippen LogP contribution < -0.4 is 5.32 Å². The number of hydrogen-bond donors (Lipinski definition) is 1. The van der Waals surface area contributed by atoms with E-state index in [9.17, 15) is 9.59 Å². The highest BCUT2D eigenvalue weighted by atomic mass is 79.9. The fraction of sp³-hybridized carbons (Fsp3) is 0.150. The molecule has 3 aromatic rings. The Balaban J connectivity index is 1.55. The fourth-order valence-corrected chi connectivity index (χ4v) is 2.93. The molecule has 0 radical (unpaired) electrons. The molecule has 0 unspecified atom stereocenters. The molecule has 0 aliphatic rings. The van der Waals surface area contributed by atoms with Gasteiger partial charge in [0, 0.05) is 34.0 Å². The smallest absolute Gasteiger partial charge is 0.225 e. The monoisotopic (exact) mass is 445 g/mol. The number of nitrogens with one attached hydrogen (secondary N) is 1. The second kappa shape index (κ2) is 8.97. The van der Waals surface area contributed by atoms with E-state index >= 15 is 0 Å². The number of Topliss-reactive ketones (excluding diaryl/α,β-unsaturated/α-hetero) is 1. The minimum Gasteiger partial charge on any atom is -0.311 e. The molecule has 0 aliphatic carbocycles. The zero-order chi connectivity index (χ0) is 19.2. The second-order valence-electron chi connectivity index (χ2n) is 5.98. The summed E-state index contributed by atoms with van der Waals surface area (Å²) in [6, 6.07) is 16.3. The highest BCUT2D eigenvalue weighted by molar-refractivity contribution is 9.10. The Morgan fingerprint density at radius 1 is 1.00 bits per heavy atom. The van der Waals surface area contributed by atoms with Gasteiger partial charge in [-0.05, 0) is 42.0 Å². The van der Waals surface area contributed by atoms with Crippen LogP contribution in [-0.4, -0.2) is 21.5 Å². The van der Waals surface area contributed by atoms with Crippen molar-refractivity contribution in [1.82, 2.24) is 9.78 Å². The normalized spacial score (nSPS) is 10.6. The third-order valence-electron chi connectivity index (χ3n) is 3.97. The van der Waals surface area contributed by atoms with Crippen LogP contribution in [0, 0.1) is 0 Å². The van der Waals surface area contributed by atoms with Gasteiger partial charge < -0.3 is 5.32 Å². The molecule has 1 N–H and O–H groups in total. The Labute approximate surface area is 170 Å². The molecule has 1 heterocycles. The molecular formula is C20H17BrClN3O2. The van der Waals surface area contributed by atoms with E-state index in [1.54, 1.807) is 41.2 Å². The minimum absolute atomic E-state index is 0.0924. The number of anilines is 1. The van der Waals surface area contributed by atoms with E-state index in [-0.39, 0.29) is 24.5 Å². The second-order valence-corrected chi connectivity index (χ2v) is 7.33. The number of carbonyl (C=O) groups is 2. The zero-order valence-electron chi connectivity index (χ0n) is 14.4. The zero-order valence-corrected chi connectivity index (χ0v) is 16.7. The summed E-state index contributed by atoms with van der Waals surface area (Å²) >= 11 is 9.22. The summed E-state index contributed by atoms with van der Waals surface area (Å²) in [7, 11) is 0. The molecule has 0 saturated carbocycles. The molecule has 0 bridgehead atoms. The molecule has 1 amide bonds. The van der Waals surface area contributed by atoms with Crippen molar-refractivity contribution in [3.63, 3.8) is 0 Å². The van der Waals surface area contributed by atoms with Crippen LogP contribution in [0.2, 0.25) is 5.02 Å². The Kier molecular flexibility index (Phi) is 6.42. The maximum atomic E-state index is 12.2.